The van der Waals surface area contributed by atoms with E-state index in [4.69, 9.17) is 5.73 Å². The Kier molecular flexibility index (Phi) is 3.59. The average molecular weight is 263 g/mol. The lowest BCUT2D eigenvalue weighted by molar-refractivity contribution is -0.127. The molecule has 0 bridgehead atoms. The number of likely N-dealkylation sites (N-methyl/N-ethyl adjacent to an activating group) is 1. The zero-order valence-electron chi connectivity index (χ0n) is 10.8. The number of carbonyl (C=O) groups excluding carboxylic acids is 1. The number of nitrogens with two attached hydrogens (primary N) is 1. The number of carboxylic acid groups (broad SMARTS) is 1. The van der Waals surface area contributed by atoms with Gasteiger partial charge in [0, 0.05) is 25.8 Å². The normalized spacial score (nSPS) is 16.4. The van der Waals surface area contributed by atoms with Gasteiger partial charge < -0.3 is 20.6 Å². The molecular weight excluding hydrogens is 246 g/mol. The summed E-state index contributed by atoms with van der Waals surface area (Å²) in [6.45, 7) is 1.54. The summed E-state index contributed by atoms with van der Waals surface area (Å²) in [7, 11) is 1.76. The maximum Gasteiger partial charge on any atom is 0.337 e. The first-order chi connectivity index (χ1) is 8.99. The van der Waals surface area contributed by atoms with Crippen LogP contribution in [0.25, 0.3) is 0 Å². The second-order valence-corrected chi connectivity index (χ2v) is 4.67. The van der Waals surface area contributed by atoms with Crippen LogP contribution in [0.3, 0.4) is 0 Å². The summed E-state index contributed by atoms with van der Waals surface area (Å²) in [5, 5.41) is 9.23. The van der Waals surface area contributed by atoms with Gasteiger partial charge in [0.2, 0.25) is 5.91 Å². The summed E-state index contributed by atoms with van der Waals surface area (Å²) in [5.74, 6) is -1.04. The van der Waals surface area contributed by atoms with Crippen LogP contribution >= 0.6 is 0 Å². The van der Waals surface area contributed by atoms with Gasteiger partial charge in [-0.2, -0.15) is 0 Å². The number of benzene rings is 1. The maximum absolute atomic E-state index is 11.9. The molecule has 19 heavy (non-hydrogen) atoms. The number of hydrogen-bond donors (Lipinski definition) is 2. The van der Waals surface area contributed by atoms with Gasteiger partial charge in [-0.1, -0.05) is 0 Å². The molecule has 102 valence electrons. The zero-order chi connectivity index (χ0) is 14.0. The molecule has 1 heterocycles. The number of rotatable bonds is 2. The molecule has 0 aromatic heterocycles. The SMILES string of the molecule is CN1CCCN(c2ccc(N)cc2C(=O)O)CC1=O. The Balaban J connectivity index is 2.35. The molecule has 2 rings (SSSR count). The van der Waals surface area contributed by atoms with Crippen LogP contribution in [0.15, 0.2) is 18.2 Å². The first-order valence-electron chi connectivity index (χ1n) is 6.11. The molecule has 0 unspecified atom stereocenters. The van der Waals surface area contributed by atoms with Crippen LogP contribution < -0.4 is 10.6 Å². The van der Waals surface area contributed by atoms with Crippen LogP contribution in [0.2, 0.25) is 0 Å². The Labute approximate surface area is 111 Å². The standard InChI is InChI=1S/C13H17N3O3/c1-15-5-2-6-16(8-12(15)17)11-4-3-9(14)7-10(11)13(18)19/h3-4,7H,2,5-6,8,14H2,1H3,(H,18,19). The van der Waals surface area contributed by atoms with Gasteiger partial charge in [0.25, 0.3) is 0 Å². The average Bonchev–Trinajstić information content (AvgIpc) is 2.52. The highest BCUT2D eigenvalue weighted by Gasteiger charge is 2.22. The van der Waals surface area contributed by atoms with Gasteiger partial charge in [-0.15, -0.1) is 0 Å². The lowest BCUT2D eigenvalue weighted by Crippen LogP contribution is -2.35. The van der Waals surface area contributed by atoms with Crippen molar-refractivity contribution in [3.63, 3.8) is 0 Å². The van der Waals surface area contributed by atoms with Gasteiger partial charge in [0.05, 0.1) is 17.8 Å². The molecule has 1 aliphatic heterocycles. The Morgan fingerprint density at radius 1 is 1.37 bits per heavy atom. The smallest absolute Gasteiger partial charge is 0.337 e. The van der Waals surface area contributed by atoms with Crippen molar-refractivity contribution in [3.05, 3.63) is 23.8 Å². The molecule has 1 saturated heterocycles. The Bertz CT molecular complexity index is 516. The Morgan fingerprint density at radius 2 is 2.11 bits per heavy atom. The van der Waals surface area contributed by atoms with Gasteiger partial charge >= 0.3 is 5.97 Å². The van der Waals surface area contributed by atoms with E-state index in [9.17, 15) is 14.7 Å². The third-order valence-corrected chi connectivity index (χ3v) is 3.27. The van der Waals surface area contributed by atoms with E-state index in [2.05, 4.69) is 0 Å². The monoisotopic (exact) mass is 263 g/mol. The van der Waals surface area contributed by atoms with E-state index in [0.29, 0.717) is 24.5 Å². The lowest BCUT2D eigenvalue weighted by atomic mass is 10.1. The van der Waals surface area contributed by atoms with Crippen LogP contribution in [0.4, 0.5) is 11.4 Å². The quantitative estimate of drug-likeness (QED) is 0.764. The highest BCUT2D eigenvalue weighted by Crippen LogP contribution is 2.24. The van der Waals surface area contributed by atoms with Crippen molar-refractivity contribution < 1.29 is 14.7 Å². The van der Waals surface area contributed by atoms with Crippen molar-refractivity contribution >= 4 is 23.3 Å². The maximum atomic E-state index is 11.9. The molecule has 1 fully saturated rings. The summed E-state index contributed by atoms with van der Waals surface area (Å²) in [4.78, 5) is 26.6. The summed E-state index contributed by atoms with van der Waals surface area (Å²) < 4.78 is 0. The topological polar surface area (TPSA) is 86.9 Å². The number of carbonyl (C=O) groups is 2. The van der Waals surface area contributed by atoms with Gasteiger partial charge in [0.15, 0.2) is 0 Å². The molecule has 1 aromatic rings. The fourth-order valence-corrected chi connectivity index (χ4v) is 2.19. The summed E-state index contributed by atoms with van der Waals surface area (Å²) in [6.07, 6.45) is 0.811. The van der Waals surface area contributed by atoms with Crippen LogP contribution in [-0.2, 0) is 4.79 Å². The number of carboxylic acids is 1. The minimum absolute atomic E-state index is 0.00864. The number of aromatic carboxylic acids is 1. The molecule has 3 N–H and O–H groups in total. The number of nitrogen functional groups attached to an aromatic ring is 1. The molecule has 1 aliphatic rings. The molecule has 6 heteroatoms. The van der Waals surface area contributed by atoms with Crippen LogP contribution in [-0.4, -0.2) is 48.6 Å². The predicted molar refractivity (Wildman–Crippen MR) is 72.3 cm³/mol. The van der Waals surface area contributed by atoms with Crippen molar-refractivity contribution in [2.75, 3.05) is 37.3 Å². The third kappa shape index (κ3) is 2.78. The van der Waals surface area contributed by atoms with Crippen LogP contribution in [0.1, 0.15) is 16.8 Å². The van der Waals surface area contributed by atoms with E-state index < -0.39 is 5.97 Å². The lowest BCUT2D eigenvalue weighted by Gasteiger charge is -2.23. The Hall–Kier alpha value is -2.24. The highest BCUT2D eigenvalue weighted by molar-refractivity contribution is 5.96. The van der Waals surface area contributed by atoms with Crippen molar-refractivity contribution in [2.45, 2.75) is 6.42 Å². The summed E-state index contributed by atoms with van der Waals surface area (Å²) in [6, 6.07) is 4.75. The highest BCUT2D eigenvalue weighted by atomic mass is 16.4. The van der Waals surface area contributed by atoms with Crippen molar-refractivity contribution in [1.29, 1.82) is 0 Å². The van der Waals surface area contributed by atoms with E-state index in [1.165, 1.54) is 6.07 Å². The third-order valence-electron chi connectivity index (χ3n) is 3.27. The fraction of sp³-hybridized carbons (Fsp3) is 0.385. The summed E-state index contributed by atoms with van der Waals surface area (Å²) >= 11 is 0. The van der Waals surface area contributed by atoms with E-state index in [1.807, 2.05) is 0 Å². The first kappa shape index (κ1) is 13.2. The summed E-state index contributed by atoms with van der Waals surface area (Å²) in [5.41, 5.74) is 6.70. The van der Waals surface area contributed by atoms with Crippen LogP contribution in [0, 0.1) is 0 Å². The second-order valence-electron chi connectivity index (χ2n) is 4.67. The van der Waals surface area contributed by atoms with Gasteiger partial charge in [-0.05, 0) is 24.6 Å². The second kappa shape index (κ2) is 5.17. The molecule has 0 atom stereocenters. The van der Waals surface area contributed by atoms with E-state index >= 15 is 0 Å². The fourth-order valence-electron chi connectivity index (χ4n) is 2.19. The van der Waals surface area contributed by atoms with Gasteiger partial charge in [-0.3, -0.25) is 4.79 Å². The number of amides is 1. The molecule has 0 radical (unpaired) electrons. The van der Waals surface area contributed by atoms with Crippen LogP contribution in [0.5, 0.6) is 0 Å². The minimum Gasteiger partial charge on any atom is -0.478 e. The van der Waals surface area contributed by atoms with Gasteiger partial charge in [0.1, 0.15) is 0 Å². The van der Waals surface area contributed by atoms with Crippen molar-refractivity contribution in [1.82, 2.24) is 4.90 Å². The number of anilines is 2. The van der Waals surface area contributed by atoms with Crippen molar-refractivity contribution in [2.24, 2.45) is 0 Å². The molecular formula is C13H17N3O3. The van der Waals surface area contributed by atoms with E-state index in [-0.39, 0.29) is 18.0 Å². The molecule has 0 aliphatic carbocycles. The predicted octanol–water partition coefficient (Wildman–Crippen LogP) is 0.635. The molecule has 0 saturated carbocycles. The van der Waals surface area contributed by atoms with E-state index in [0.717, 1.165) is 6.42 Å². The number of hydrogen-bond acceptors (Lipinski definition) is 4. The zero-order valence-corrected chi connectivity index (χ0v) is 10.8. The first-order valence-corrected chi connectivity index (χ1v) is 6.11. The molecule has 1 aromatic carbocycles. The Morgan fingerprint density at radius 3 is 2.79 bits per heavy atom. The van der Waals surface area contributed by atoms with E-state index in [1.54, 1.807) is 29.0 Å². The van der Waals surface area contributed by atoms with Crippen molar-refractivity contribution in [3.8, 4) is 0 Å². The number of nitrogens with zero attached hydrogens (tertiary/aromatic N) is 2. The van der Waals surface area contributed by atoms with Gasteiger partial charge in [-0.25, -0.2) is 4.79 Å². The molecule has 0 spiro atoms. The largest absolute Gasteiger partial charge is 0.478 e. The minimum atomic E-state index is -1.03. The molecule has 6 nitrogen and oxygen atoms in total. The molecule has 1 amide bonds.